The summed E-state index contributed by atoms with van der Waals surface area (Å²) in [7, 11) is 0. The van der Waals surface area contributed by atoms with Crippen molar-refractivity contribution in [3.63, 3.8) is 0 Å². The Labute approximate surface area is 135 Å². The van der Waals surface area contributed by atoms with Gasteiger partial charge in [0.15, 0.2) is 0 Å². The molecule has 5 heteroatoms. The van der Waals surface area contributed by atoms with E-state index in [0.717, 1.165) is 32.5 Å². The zero-order valence-corrected chi connectivity index (χ0v) is 13.9. The van der Waals surface area contributed by atoms with Crippen molar-refractivity contribution in [3.05, 3.63) is 45.5 Å². The number of furan rings is 1. The maximum atomic E-state index is 12.2. The molecule has 2 aromatic heterocycles. The number of carbonyl (C=O) groups excluding carboxylic acids is 1. The van der Waals surface area contributed by atoms with Gasteiger partial charge in [-0.25, -0.2) is 0 Å². The average molecular weight is 318 g/mol. The molecule has 0 radical (unpaired) electrons. The number of nitrogens with zero attached hydrogens (tertiary/aromatic N) is 1. The summed E-state index contributed by atoms with van der Waals surface area (Å²) in [5, 5.41) is 5.37. The van der Waals surface area contributed by atoms with Crippen LogP contribution in [-0.2, 0) is 6.54 Å². The van der Waals surface area contributed by atoms with Crippen LogP contribution in [0.4, 0.5) is 0 Å². The Morgan fingerprint density at radius 2 is 2.18 bits per heavy atom. The van der Waals surface area contributed by atoms with Crippen LogP contribution in [0.25, 0.3) is 0 Å². The molecule has 0 saturated carbocycles. The molecule has 22 heavy (non-hydrogen) atoms. The molecular weight excluding hydrogens is 296 g/mol. The van der Waals surface area contributed by atoms with Gasteiger partial charge < -0.3 is 9.73 Å². The third-order valence-corrected chi connectivity index (χ3v) is 5.13. The van der Waals surface area contributed by atoms with Crippen LogP contribution in [0, 0.1) is 13.8 Å². The quantitative estimate of drug-likeness (QED) is 0.940. The smallest absolute Gasteiger partial charge is 0.255 e. The number of thiophene rings is 1. The highest BCUT2D eigenvalue weighted by atomic mass is 32.1. The van der Waals surface area contributed by atoms with Crippen molar-refractivity contribution in [2.45, 2.75) is 39.3 Å². The molecule has 0 unspecified atom stereocenters. The topological polar surface area (TPSA) is 45.5 Å². The zero-order valence-electron chi connectivity index (χ0n) is 13.1. The minimum absolute atomic E-state index is 0.0156. The second-order valence-electron chi connectivity index (χ2n) is 5.98. The molecule has 1 amide bonds. The fourth-order valence-corrected chi connectivity index (χ4v) is 3.66. The maximum Gasteiger partial charge on any atom is 0.255 e. The van der Waals surface area contributed by atoms with Crippen molar-refractivity contribution in [2.24, 2.45) is 0 Å². The van der Waals surface area contributed by atoms with E-state index in [-0.39, 0.29) is 11.9 Å². The molecule has 1 N–H and O–H groups in total. The van der Waals surface area contributed by atoms with E-state index in [9.17, 15) is 4.79 Å². The number of piperidine rings is 1. The van der Waals surface area contributed by atoms with Crippen LogP contribution < -0.4 is 5.32 Å². The van der Waals surface area contributed by atoms with Gasteiger partial charge in [-0.15, -0.1) is 11.3 Å². The molecule has 0 spiro atoms. The monoisotopic (exact) mass is 318 g/mol. The van der Waals surface area contributed by atoms with Crippen LogP contribution in [0.1, 0.15) is 39.4 Å². The first-order valence-electron chi connectivity index (χ1n) is 7.73. The Morgan fingerprint density at radius 3 is 2.77 bits per heavy atom. The highest BCUT2D eigenvalue weighted by Crippen LogP contribution is 2.19. The van der Waals surface area contributed by atoms with Gasteiger partial charge in [0.1, 0.15) is 5.76 Å². The highest BCUT2D eigenvalue weighted by molar-refractivity contribution is 7.10. The van der Waals surface area contributed by atoms with Crippen molar-refractivity contribution in [2.75, 3.05) is 13.1 Å². The van der Waals surface area contributed by atoms with E-state index in [1.807, 2.05) is 18.3 Å². The van der Waals surface area contributed by atoms with E-state index in [1.165, 1.54) is 10.4 Å². The summed E-state index contributed by atoms with van der Waals surface area (Å²) in [5.74, 6) is 0.668. The van der Waals surface area contributed by atoms with E-state index in [2.05, 4.69) is 28.6 Å². The van der Waals surface area contributed by atoms with Crippen LogP contribution >= 0.6 is 11.3 Å². The molecular formula is C17H22N2O2S. The normalized spacial score (nSPS) is 16.8. The van der Waals surface area contributed by atoms with E-state index in [4.69, 9.17) is 4.42 Å². The minimum atomic E-state index is -0.0156. The second-order valence-corrected chi connectivity index (χ2v) is 7.10. The molecule has 1 aliphatic heterocycles. The summed E-state index contributed by atoms with van der Waals surface area (Å²) in [5.41, 5.74) is 2.05. The van der Waals surface area contributed by atoms with Crippen molar-refractivity contribution in [1.29, 1.82) is 0 Å². The van der Waals surface area contributed by atoms with Gasteiger partial charge in [-0.2, -0.15) is 0 Å². The van der Waals surface area contributed by atoms with E-state index < -0.39 is 0 Å². The number of rotatable bonds is 4. The van der Waals surface area contributed by atoms with Gasteiger partial charge >= 0.3 is 0 Å². The molecule has 1 aliphatic rings. The van der Waals surface area contributed by atoms with Crippen LogP contribution in [0.15, 0.2) is 28.2 Å². The van der Waals surface area contributed by atoms with E-state index in [0.29, 0.717) is 11.3 Å². The SMILES string of the molecule is Cc1cc(CN2CCC(NC(=O)c3ccoc3C)CC2)cs1. The first-order valence-corrected chi connectivity index (χ1v) is 8.61. The zero-order chi connectivity index (χ0) is 15.5. The largest absolute Gasteiger partial charge is 0.469 e. The molecule has 0 aliphatic carbocycles. The molecule has 3 heterocycles. The second kappa shape index (κ2) is 6.67. The van der Waals surface area contributed by atoms with Crippen molar-refractivity contribution < 1.29 is 9.21 Å². The molecule has 0 aromatic carbocycles. The number of hydrogen-bond donors (Lipinski definition) is 1. The Bertz CT molecular complexity index is 639. The lowest BCUT2D eigenvalue weighted by atomic mass is 10.0. The lowest BCUT2D eigenvalue weighted by molar-refractivity contribution is 0.0907. The van der Waals surface area contributed by atoms with E-state index >= 15 is 0 Å². The molecule has 3 rings (SSSR count). The van der Waals surface area contributed by atoms with Gasteiger partial charge in [0.05, 0.1) is 11.8 Å². The van der Waals surface area contributed by atoms with Crippen LogP contribution in [0.5, 0.6) is 0 Å². The first kappa shape index (κ1) is 15.3. The predicted octanol–water partition coefficient (Wildman–Crippen LogP) is 3.35. The lowest BCUT2D eigenvalue weighted by Gasteiger charge is -2.32. The number of hydrogen-bond acceptors (Lipinski definition) is 4. The van der Waals surface area contributed by atoms with Gasteiger partial charge in [-0.05, 0) is 49.8 Å². The fourth-order valence-electron chi connectivity index (χ4n) is 2.96. The minimum Gasteiger partial charge on any atom is -0.469 e. The van der Waals surface area contributed by atoms with Crippen molar-refractivity contribution in [1.82, 2.24) is 10.2 Å². The van der Waals surface area contributed by atoms with Crippen LogP contribution in [0.3, 0.4) is 0 Å². The van der Waals surface area contributed by atoms with Gasteiger partial charge in [0.2, 0.25) is 0 Å². The molecule has 118 valence electrons. The Hall–Kier alpha value is -1.59. The summed E-state index contributed by atoms with van der Waals surface area (Å²) in [6.07, 6.45) is 3.58. The molecule has 1 saturated heterocycles. The number of amides is 1. The number of likely N-dealkylation sites (tertiary alicyclic amines) is 1. The summed E-state index contributed by atoms with van der Waals surface area (Å²) >= 11 is 1.81. The third-order valence-electron chi connectivity index (χ3n) is 4.22. The molecule has 0 bridgehead atoms. The number of aryl methyl sites for hydroxylation is 2. The van der Waals surface area contributed by atoms with Crippen molar-refractivity contribution >= 4 is 17.2 Å². The van der Waals surface area contributed by atoms with Crippen LogP contribution in [0.2, 0.25) is 0 Å². The molecule has 2 aromatic rings. The predicted molar refractivity (Wildman–Crippen MR) is 88.3 cm³/mol. The Balaban J connectivity index is 1.47. The molecule has 1 fully saturated rings. The average Bonchev–Trinajstić information content (AvgIpc) is 3.10. The van der Waals surface area contributed by atoms with E-state index in [1.54, 1.807) is 12.3 Å². The van der Waals surface area contributed by atoms with Gasteiger partial charge in [0, 0.05) is 30.6 Å². The standard InChI is InChI=1S/C17H22N2O2S/c1-12-9-14(11-22-12)10-19-6-3-15(4-7-19)18-17(20)16-5-8-21-13(16)2/h5,8-9,11,15H,3-4,6-7,10H2,1-2H3,(H,18,20). The summed E-state index contributed by atoms with van der Waals surface area (Å²) in [6, 6.07) is 4.26. The lowest BCUT2D eigenvalue weighted by Crippen LogP contribution is -2.44. The Kier molecular flexibility index (Phi) is 4.64. The third kappa shape index (κ3) is 3.59. The fraction of sp³-hybridized carbons (Fsp3) is 0.471. The first-order chi connectivity index (χ1) is 10.6. The van der Waals surface area contributed by atoms with Crippen LogP contribution in [-0.4, -0.2) is 29.9 Å². The molecule has 4 nitrogen and oxygen atoms in total. The Morgan fingerprint density at radius 1 is 1.41 bits per heavy atom. The van der Waals surface area contributed by atoms with Gasteiger partial charge in [0.25, 0.3) is 5.91 Å². The number of nitrogens with one attached hydrogen (secondary N) is 1. The maximum absolute atomic E-state index is 12.2. The highest BCUT2D eigenvalue weighted by Gasteiger charge is 2.22. The number of carbonyl (C=O) groups is 1. The summed E-state index contributed by atoms with van der Waals surface area (Å²) < 4.78 is 5.19. The van der Waals surface area contributed by atoms with Gasteiger partial charge in [-0.3, -0.25) is 9.69 Å². The summed E-state index contributed by atoms with van der Waals surface area (Å²) in [4.78, 5) is 16.0. The van der Waals surface area contributed by atoms with Gasteiger partial charge in [-0.1, -0.05) is 0 Å². The molecule has 0 atom stereocenters. The van der Waals surface area contributed by atoms with Crippen molar-refractivity contribution in [3.8, 4) is 0 Å². The summed E-state index contributed by atoms with van der Waals surface area (Å²) in [6.45, 7) is 7.05.